The molecular weight excluding hydrogens is 399 g/mol. The normalized spacial score (nSPS) is 17.6. The van der Waals surface area contributed by atoms with Crippen LogP contribution in [0.4, 0.5) is 18.9 Å². The molecule has 0 bridgehead atoms. The summed E-state index contributed by atoms with van der Waals surface area (Å²) < 4.78 is 67.2. The van der Waals surface area contributed by atoms with E-state index < -0.39 is 34.3 Å². The lowest BCUT2D eigenvalue weighted by Gasteiger charge is -2.18. The van der Waals surface area contributed by atoms with Gasteiger partial charge in [0.1, 0.15) is 18.5 Å². The minimum absolute atomic E-state index is 0.0711. The number of halogens is 3. The van der Waals surface area contributed by atoms with Crippen molar-refractivity contribution in [3.8, 4) is 11.1 Å². The van der Waals surface area contributed by atoms with Crippen LogP contribution in [0.3, 0.4) is 0 Å². The van der Waals surface area contributed by atoms with Gasteiger partial charge in [0.25, 0.3) is 5.56 Å². The van der Waals surface area contributed by atoms with E-state index in [-0.39, 0.29) is 16.1 Å². The summed E-state index contributed by atoms with van der Waals surface area (Å²) in [6.45, 7) is -1.03. The molecule has 1 aliphatic rings. The Morgan fingerprint density at radius 2 is 1.96 bits per heavy atom. The van der Waals surface area contributed by atoms with Crippen LogP contribution in [0.2, 0.25) is 0 Å². The fraction of sp³-hybridized carbons (Fsp3) is 0.412. The highest BCUT2D eigenvalue weighted by Gasteiger charge is 2.30. The molecule has 2 aromatic rings. The van der Waals surface area contributed by atoms with Gasteiger partial charge in [0.2, 0.25) is 0 Å². The van der Waals surface area contributed by atoms with Crippen LogP contribution < -0.4 is 10.9 Å². The van der Waals surface area contributed by atoms with E-state index in [2.05, 4.69) is 10.4 Å². The summed E-state index contributed by atoms with van der Waals surface area (Å²) in [5, 5.41) is 6.50. The molecule has 1 aromatic heterocycles. The molecule has 0 saturated carbocycles. The Morgan fingerprint density at radius 3 is 2.50 bits per heavy atom. The zero-order valence-corrected chi connectivity index (χ0v) is 15.7. The maximum absolute atomic E-state index is 12.7. The van der Waals surface area contributed by atoms with Crippen molar-refractivity contribution in [3.63, 3.8) is 0 Å². The van der Waals surface area contributed by atoms with Gasteiger partial charge in [0, 0.05) is 18.4 Å². The molecular formula is C17H18F3N3O4S. The van der Waals surface area contributed by atoms with Crippen molar-refractivity contribution >= 4 is 15.5 Å². The van der Waals surface area contributed by atoms with Crippen LogP contribution in [-0.2, 0) is 21.1 Å². The molecule has 1 aliphatic heterocycles. The van der Waals surface area contributed by atoms with Crippen molar-refractivity contribution < 1.29 is 26.3 Å². The summed E-state index contributed by atoms with van der Waals surface area (Å²) in [5.74, 6) is 0. The van der Waals surface area contributed by atoms with Gasteiger partial charge in [-0.3, -0.25) is 4.79 Å². The molecule has 28 heavy (non-hydrogen) atoms. The van der Waals surface area contributed by atoms with E-state index in [0.717, 1.165) is 18.9 Å². The van der Waals surface area contributed by atoms with E-state index in [4.69, 9.17) is 4.74 Å². The number of hydrogen-bond acceptors (Lipinski definition) is 6. The first-order valence-corrected chi connectivity index (χ1v) is 10.3. The molecule has 0 radical (unpaired) electrons. The Bertz CT molecular complexity index is 1010. The Balaban J connectivity index is 2.06. The van der Waals surface area contributed by atoms with Gasteiger partial charge in [0.05, 0.1) is 11.1 Å². The third-order valence-electron chi connectivity index (χ3n) is 4.20. The first-order valence-electron chi connectivity index (χ1n) is 8.40. The summed E-state index contributed by atoms with van der Waals surface area (Å²) >= 11 is 0. The van der Waals surface area contributed by atoms with E-state index in [9.17, 15) is 26.4 Å². The number of sulfone groups is 1. The van der Waals surface area contributed by atoms with Gasteiger partial charge < -0.3 is 10.1 Å². The summed E-state index contributed by atoms with van der Waals surface area (Å²) in [7, 11) is -3.41. The van der Waals surface area contributed by atoms with Gasteiger partial charge in [-0.2, -0.15) is 18.3 Å². The van der Waals surface area contributed by atoms with E-state index in [1.807, 2.05) is 0 Å². The minimum Gasteiger partial charge on any atom is -0.359 e. The van der Waals surface area contributed by atoms with Crippen molar-refractivity contribution in [1.82, 2.24) is 9.78 Å². The Morgan fingerprint density at radius 1 is 1.29 bits per heavy atom. The molecule has 1 unspecified atom stereocenters. The highest BCUT2D eigenvalue weighted by atomic mass is 32.2. The molecule has 11 heteroatoms. The number of alkyl halides is 3. The highest BCUT2D eigenvalue weighted by molar-refractivity contribution is 7.90. The molecule has 2 heterocycles. The van der Waals surface area contributed by atoms with Gasteiger partial charge >= 0.3 is 6.18 Å². The molecule has 1 N–H and O–H groups in total. The monoisotopic (exact) mass is 417 g/mol. The van der Waals surface area contributed by atoms with Crippen molar-refractivity contribution in [2.24, 2.45) is 0 Å². The van der Waals surface area contributed by atoms with Gasteiger partial charge in [0.15, 0.2) is 9.84 Å². The fourth-order valence-corrected chi connectivity index (χ4v) is 3.49. The predicted octanol–water partition coefficient (Wildman–Crippen LogP) is 2.42. The molecule has 1 fully saturated rings. The number of benzene rings is 1. The van der Waals surface area contributed by atoms with Crippen molar-refractivity contribution in [1.29, 1.82) is 0 Å². The maximum atomic E-state index is 12.7. The van der Waals surface area contributed by atoms with Crippen LogP contribution in [0.5, 0.6) is 0 Å². The fourth-order valence-electron chi connectivity index (χ4n) is 2.86. The average Bonchev–Trinajstić information content (AvgIpc) is 3.10. The van der Waals surface area contributed by atoms with Crippen LogP contribution in [0.25, 0.3) is 11.1 Å². The SMILES string of the molecule is CS(=O)(=O)c1ccc(-c2cnn(CC(F)(F)F)c(=O)c2NC2CCCO2)cc1. The zero-order chi connectivity index (χ0) is 20.5. The number of nitrogens with zero attached hydrogens (tertiary/aromatic N) is 2. The quantitative estimate of drug-likeness (QED) is 0.804. The molecule has 0 spiro atoms. The molecule has 0 amide bonds. The second-order valence-corrected chi connectivity index (χ2v) is 8.47. The predicted molar refractivity (Wildman–Crippen MR) is 95.7 cm³/mol. The van der Waals surface area contributed by atoms with Gasteiger partial charge in [-0.1, -0.05) is 12.1 Å². The Labute approximate surface area is 159 Å². The number of hydrogen-bond donors (Lipinski definition) is 1. The molecule has 0 aliphatic carbocycles. The van der Waals surface area contributed by atoms with Gasteiger partial charge in [-0.05, 0) is 30.5 Å². The number of aromatic nitrogens is 2. The summed E-state index contributed by atoms with van der Waals surface area (Å²) in [5.41, 5.74) is -0.300. The largest absolute Gasteiger partial charge is 0.408 e. The van der Waals surface area contributed by atoms with Gasteiger partial charge in [-0.15, -0.1) is 0 Å². The van der Waals surface area contributed by atoms with Crippen LogP contribution in [0.1, 0.15) is 12.8 Å². The lowest BCUT2D eigenvalue weighted by molar-refractivity contribution is -0.143. The van der Waals surface area contributed by atoms with E-state index in [0.29, 0.717) is 23.3 Å². The van der Waals surface area contributed by atoms with Crippen LogP contribution in [0, 0.1) is 0 Å². The Kier molecular flexibility index (Phi) is 5.48. The first-order chi connectivity index (χ1) is 13.0. The van der Waals surface area contributed by atoms with Crippen LogP contribution in [-0.4, -0.2) is 43.5 Å². The molecule has 1 aromatic carbocycles. The number of nitrogens with one attached hydrogen (secondary N) is 1. The number of anilines is 1. The van der Waals surface area contributed by atoms with E-state index in [1.54, 1.807) is 0 Å². The smallest absolute Gasteiger partial charge is 0.359 e. The van der Waals surface area contributed by atoms with Crippen molar-refractivity contribution in [2.75, 3.05) is 18.2 Å². The van der Waals surface area contributed by atoms with Crippen LogP contribution in [0.15, 0.2) is 40.2 Å². The van der Waals surface area contributed by atoms with E-state index >= 15 is 0 Å². The average molecular weight is 417 g/mol. The third-order valence-corrected chi connectivity index (χ3v) is 5.33. The standard InChI is InChI=1S/C17H18F3N3O4S/c1-28(25,26)12-6-4-11(5-7-12)13-9-21-23(10-17(18,19)20)16(24)15(13)22-14-3-2-8-27-14/h4-7,9,14,22H,2-3,8,10H2,1H3. The van der Waals surface area contributed by atoms with Gasteiger partial charge in [-0.25, -0.2) is 13.1 Å². The number of ether oxygens (including phenoxy) is 1. The summed E-state index contributed by atoms with van der Waals surface area (Å²) in [6.07, 6.45) is -1.52. The number of rotatable bonds is 5. The van der Waals surface area contributed by atoms with Crippen molar-refractivity contribution in [2.45, 2.75) is 36.7 Å². The molecule has 1 atom stereocenters. The second kappa shape index (κ2) is 7.55. The molecule has 3 rings (SSSR count). The van der Waals surface area contributed by atoms with Crippen molar-refractivity contribution in [3.05, 3.63) is 40.8 Å². The summed E-state index contributed by atoms with van der Waals surface area (Å²) in [6, 6.07) is 5.67. The first kappa shape index (κ1) is 20.3. The molecule has 152 valence electrons. The third kappa shape index (κ3) is 4.71. The topological polar surface area (TPSA) is 90.3 Å². The summed E-state index contributed by atoms with van der Waals surface area (Å²) in [4.78, 5) is 12.7. The van der Waals surface area contributed by atoms with E-state index in [1.165, 1.54) is 24.3 Å². The second-order valence-electron chi connectivity index (χ2n) is 6.45. The highest BCUT2D eigenvalue weighted by Crippen LogP contribution is 2.28. The molecule has 1 saturated heterocycles. The molecule has 7 nitrogen and oxygen atoms in total. The lowest BCUT2D eigenvalue weighted by Crippen LogP contribution is -2.33. The lowest BCUT2D eigenvalue weighted by atomic mass is 10.1. The van der Waals surface area contributed by atoms with Crippen LogP contribution >= 0.6 is 0 Å². The maximum Gasteiger partial charge on any atom is 0.408 e. The zero-order valence-electron chi connectivity index (χ0n) is 14.9. The minimum atomic E-state index is -4.60. The Hall–Kier alpha value is -2.40.